The molecule has 1 aromatic heterocycles. The highest BCUT2D eigenvalue weighted by molar-refractivity contribution is 6.07. The van der Waals surface area contributed by atoms with Crippen LogP contribution in [-0.2, 0) is 9.53 Å². The summed E-state index contributed by atoms with van der Waals surface area (Å²) in [6, 6.07) is 14.8. The third kappa shape index (κ3) is 3.82. The molecule has 1 aliphatic heterocycles. The molecule has 0 radical (unpaired) electrons. The van der Waals surface area contributed by atoms with E-state index < -0.39 is 5.97 Å². The fraction of sp³-hybridized carbons (Fsp3) is 0.174. The van der Waals surface area contributed by atoms with Gasteiger partial charge < -0.3 is 14.8 Å². The normalized spacial score (nSPS) is 12.4. The molecular weight excluding hydrogens is 382 g/mol. The van der Waals surface area contributed by atoms with E-state index in [1.807, 2.05) is 42.5 Å². The van der Waals surface area contributed by atoms with Crippen molar-refractivity contribution in [3.63, 3.8) is 0 Å². The zero-order valence-electron chi connectivity index (χ0n) is 16.7. The lowest BCUT2D eigenvalue weighted by atomic mass is 10.1. The fourth-order valence-corrected chi connectivity index (χ4v) is 3.25. The minimum absolute atomic E-state index is 0.212. The summed E-state index contributed by atoms with van der Waals surface area (Å²) in [7, 11) is 0. The molecule has 0 saturated carbocycles. The molecule has 2 aromatic carbocycles. The van der Waals surface area contributed by atoms with Gasteiger partial charge in [-0.3, -0.25) is 4.79 Å². The van der Waals surface area contributed by atoms with Crippen LogP contribution in [0.25, 0.3) is 11.8 Å². The molecule has 1 aliphatic rings. The largest absolute Gasteiger partial charge is 0.488 e. The number of benzene rings is 2. The number of esters is 1. The second-order valence-electron chi connectivity index (χ2n) is 6.78. The standard InChI is InChI=1S/C23H21N3O4/c1-3-29-23(28)20-13-24-26(15(20)2)19-9-6-8-18(12-19)25-22(27)17-11-16-7-4-5-10-21(16)30-14-17/h4-13H,3,14H2,1-2H3,(H,25,27). The second-order valence-corrected chi connectivity index (χ2v) is 6.78. The molecule has 152 valence electrons. The van der Waals surface area contributed by atoms with E-state index in [1.165, 1.54) is 6.20 Å². The van der Waals surface area contributed by atoms with Crippen molar-refractivity contribution in [1.29, 1.82) is 0 Å². The molecule has 0 unspecified atom stereocenters. The molecule has 1 N–H and O–H groups in total. The van der Waals surface area contributed by atoms with Crippen molar-refractivity contribution in [2.75, 3.05) is 18.5 Å². The average molecular weight is 403 g/mol. The van der Waals surface area contributed by atoms with Crippen LogP contribution >= 0.6 is 0 Å². The molecule has 3 aromatic rings. The van der Waals surface area contributed by atoms with E-state index >= 15 is 0 Å². The molecule has 30 heavy (non-hydrogen) atoms. The first-order chi connectivity index (χ1) is 14.6. The van der Waals surface area contributed by atoms with Crippen LogP contribution in [0.2, 0.25) is 0 Å². The summed E-state index contributed by atoms with van der Waals surface area (Å²) in [5, 5.41) is 7.20. The van der Waals surface area contributed by atoms with Crippen LogP contribution in [-0.4, -0.2) is 34.9 Å². The maximum absolute atomic E-state index is 12.7. The van der Waals surface area contributed by atoms with Crippen molar-refractivity contribution < 1.29 is 19.1 Å². The van der Waals surface area contributed by atoms with E-state index in [9.17, 15) is 9.59 Å². The summed E-state index contributed by atoms with van der Waals surface area (Å²) in [5.41, 5.74) is 3.83. The van der Waals surface area contributed by atoms with Crippen molar-refractivity contribution in [2.24, 2.45) is 0 Å². The molecule has 0 spiro atoms. The summed E-state index contributed by atoms with van der Waals surface area (Å²) in [4.78, 5) is 24.7. The van der Waals surface area contributed by atoms with E-state index in [2.05, 4.69) is 10.4 Å². The molecule has 2 heterocycles. The number of carbonyl (C=O) groups excluding carboxylic acids is 2. The number of para-hydroxylation sites is 1. The maximum atomic E-state index is 12.7. The number of anilines is 1. The van der Waals surface area contributed by atoms with Crippen LogP contribution in [0.5, 0.6) is 5.75 Å². The third-order valence-corrected chi connectivity index (χ3v) is 4.78. The molecular formula is C23H21N3O4. The first kappa shape index (κ1) is 19.4. The lowest BCUT2D eigenvalue weighted by molar-refractivity contribution is -0.113. The first-order valence-electron chi connectivity index (χ1n) is 9.62. The highest BCUT2D eigenvalue weighted by Crippen LogP contribution is 2.26. The molecule has 0 saturated heterocycles. The molecule has 7 heteroatoms. The highest BCUT2D eigenvalue weighted by atomic mass is 16.5. The summed E-state index contributed by atoms with van der Waals surface area (Å²) >= 11 is 0. The number of amides is 1. The molecule has 0 aliphatic carbocycles. The van der Waals surface area contributed by atoms with Crippen molar-refractivity contribution in [3.8, 4) is 11.4 Å². The highest BCUT2D eigenvalue weighted by Gasteiger charge is 2.18. The number of nitrogens with zero attached hydrogens (tertiary/aromatic N) is 2. The quantitative estimate of drug-likeness (QED) is 0.656. The van der Waals surface area contributed by atoms with Crippen molar-refractivity contribution >= 4 is 23.6 Å². The van der Waals surface area contributed by atoms with Gasteiger partial charge in [-0.1, -0.05) is 24.3 Å². The van der Waals surface area contributed by atoms with E-state index in [0.29, 0.717) is 29.1 Å². The van der Waals surface area contributed by atoms with Crippen LogP contribution < -0.4 is 10.1 Å². The third-order valence-electron chi connectivity index (χ3n) is 4.78. The van der Waals surface area contributed by atoms with Gasteiger partial charge in [-0.25, -0.2) is 9.48 Å². The number of carbonyl (C=O) groups is 2. The Labute approximate surface area is 173 Å². The van der Waals surface area contributed by atoms with Gasteiger partial charge in [-0.2, -0.15) is 5.10 Å². The van der Waals surface area contributed by atoms with E-state index in [0.717, 1.165) is 17.0 Å². The Hall–Kier alpha value is -3.87. The van der Waals surface area contributed by atoms with Gasteiger partial charge in [-0.15, -0.1) is 0 Å². The number of ether oxygens (including phenoxy) is 2. The number of nitrogens with one attached hydrogen (secondary N) is 1. The van der Waals surface area contributed by atoms with E-state index in [-0.39, 0.29) is 12.5 Å². The molecule has 4 rings (SSSR count). The Morgan fingerprint density at radius 1 is 1.20 bits per heavy atom. The van der Waals surface area contributed by atoms with Gasteiger partial charge in [0.1, 0.15) is 17.9 Å². The minimum Gasteiger partial charge on any atom is -0.488 e. The van der Waals surface area contributed by atoms with Crippen molar-refractivity contribution in [1.82, 2.24) is 9.78 Å². The van der Waals surface area contributed by atoms with Crippen LogP contribution in [0.3, 0.4) is 0 Å². The summed E-state index contributed by atoms with van der Waals surface area (Å²) in [6.45, 7) is 4.07. The molecule has 0 fully saturated rings. The number of rotatable bonds is 5. The van der Waals surface area contributed by atoms with Gasteiger partial charge in [-0.05, 0) is 44.2 Å². The average Bonchev–Trinajstić information content (AvgIpc) is 3.15. The number of aromatic nitrogens is 2. The molecule has 7 nitrogen and oxygen atoms in total. The van der Waals surface area contributed by atoms with Crippen LogP contribution in [0.15, 0.2) is 60.3 Å². The fourth-order valence-electron chi connectivity index (χ4n) is 3.25. The van der Waals surface area contributed by atoms with Crippen LogP contribution in [0.4, 0.5) is 5.69 Å². The predicted octanol–water partition coefficient (Wildman–Crippen LogP) is 3.77. The number of hydrogen-bond donors (Lipinski definition) is 1. The first-order valence-corrected chi connectivity index (χ1v) is 9.62. The smallest absolute Gasteiger partial charge is 0.341 e. The van der Waals surface area contributed by atoms with Gasteiger partial charge >= 0.3 is 5.97 Å². The van der Waals surface area contributed by atoms with Gasteiger partial charge in [0.2, 0.25) is 0 Å². The Morgan fingerprint density at radius 2 is 2.03 bits per heavy atom. The zero-order valence-corrected chi connectivity index (χ0v) is 16.7. The molecule has 1 amide bonds. The summed E-state index contributed by atoms with van der Waals surface area (Å²) < 4.78 is 12.4. The lowest BCUT2D eigenvalue weighted by Gasteiger charge is -2.17. The SMILES string of the molecule is CCOC(=O)c1cnn(-c2cccc(NC(=O)C3=Cc4ccccc4OC3)c2)c1C. The number of hydrogen-bond acceptors (Lipinski definition) is 5. The van der Waals surface area contributed by atoms with Crippen molar-refractivity contribution in [3.05, 3.63) is 77.1 Å². The molecule has 0 atom stereocenters. The molecule has 0 bridgehead atoms. The topological polar surface area (TPSA) is 82.5 Å². The minimum atomic E-state index is -0.407. The Kier molecular flexibility index (Phi) is 5.34. The van der Waals surface area contributed by atoms with Crippen LogP contribution in [0, 0.1) is 6.92 Å². The Morgan fingerprint density at radius 3 is 2.87 bits per heavy atom. The van der Waals surface area contributed by atoms with Gasteiger partial charge in [0, 0.05) is 11.3 Å². The van der Waals surface area contributed by atoms with Gasteiger partial charge in [0.05, 0.1) is 29.8 Å². The van der Waals surface area contributed by atoms with Gasteiger partial charge in [0.15, 0.2) is 0 Å². The van der Waals surface area contributed by atoms with Crippen LogP contribution in [0.1, 0.15) is 28.5 Å². The van der Waals surface area contributed by atoms with Gasteiger partial charge in [0.25, 0.3) is 5.91 Å². The second kappa shape index (κ2) is 8.24. The summed E-state index contributed by atoms with van der Waals surface area (Å²) in [6.07, 6.45) is 3.32. The van der Waals surface area contributed by atoms with E-state index in [1.54, 1.807) is 30.7 Å². The summed E-state index contributed by atoms with van der Waals surface area (Å²) in [5.74, 6) is 0.129. The Bertz CT molecular complexity index is 1150. The maximum Gasteiger partial charge on any atom is 0.341 e. The van der Waals surface area contributed by atoms with Crippen molar-refractivity contribution in [2.45, 2.75) is 13.8 Å². The monoisotopic (exact) mass is 403 g/mol. The van der Waals surface area contributed by atoms with E-state index in [4.69, 9.17) is 9.47 Å². The Balaban J connectivity index is 1.54. The predicted molar refractivity (Wildman–Crippen MR) is 113 cm³/mol. The lowest BCUT2D eigenvalue weighted by Crippen LogP contribution is -2.21. The zero-order chi connectivity index (χ0) is 21.1. The number of fused-ring (bicyclic) bond motifs is 1.